The number of carbonyl (C=O) groups is 2. The number of hydrogen-bond donors (Lipinski definition) is 3. The molecule has 0 aliphatic rings. The molecular formula is C18H20ClN3O3. The smallest absolute Gasteiger partial charge is 0.319 e. The Hall–Kier alpha value is -2.57. The molecule has 25 heavy (non-hydrogen) atoms. The molecule has 0 saturated carbocycles. The standard InChI is InChI=1S/C18H20ClN3O3/c1-12(13-6-8-14(19)9-7-13)20-18(24)22-16-5-3-4-15(10-16)21-17(23)11-25-2/h3-10,12H,11H2,1-2H3,(H,21,23)(H2,20,22,24). The largest absolute Gasteiger partial charge is 0.375 e. The molecule has 6 nitrogen and oxygen atoms in total. The van der Waals surface area contributed by atoms with Gasteiger partial charge in [-0.25, -0.2) is 4.79 Å². The first-order chi connectivity index (χ1) is 12.0. The van der Waals surface area contributed by atoms with Crippen molar-refractivity contribution in [1.82, 2.24) is 5.32 Å². The van der Waals surface area contributed by atoms with Crippen molar-refractivity contribution < 1.29 is 14.3 Å². The van der Waals surface area contributed by atoms with Crippen molar-refractivity contribution >= 4 is 34.9 Å². The van der Waals surface area contributed by atoms with Gasteiger partial charge in [-0.2, -0.15) is 0 Å². The molecule has 0 aliphatic heterocycles. The Morgan fingerprint density at radius 3 is 2.36 bits per heavy atom. The van der Waals surface area contributed by atoms with Gasteiger partial charge in [0.15, 0.2) is 0 Å². The van der Waals surface area contributed by atoms with Crippen LogP contribution in [-0.2, 0) is 9.53 Å². The van der Waals surface area contributed by atoms with E-state index in [0.29, 0.717) is 16.4 Å². The number of urea groups is 1. The Kier molecular flexibility index (Phi) is 6.80. The molecule has 3 N–H and O–H groups in total. The maximum atomic E-state index is 12.1. The van der Waals surface area contributed by atoms with Gasteiger partial charge < -0.3 is 20.7 Å². The average molecular weight is 362 g/mol. The van der Waals surface area contributed by atoms with E-state index in [1.54, 1.807) is 36.4 Å². The van der Waals surface area contributed by atoms with E-state index in [2.05, 4.69) is 16.0 Å². The minimum Gasteiger partial charge on any atom is -0.375 e. The summed E-state index contributed by atoms with van der Waals surface area (Å²) in [5, 5.41) is 8.91. The number of benzene rings is 2. The van der Waals surface area contributed by atoms with Crippen molar-refractivity contribution in [2.75, 3.05) is 24.4 Å². The second kappa shape index (κ2) is 9.05. The van der Waals surface area contributed by atoms with E-state index in [-0.39, 0.29) is 24.6 Å². The first kappa shape index (κ1) is 18.8. The fraction of sp³-hybridized carbons (Fsp3) is 0.222. The van der Waals surface area contributed by atoms with Crippen LogP contribution in [0.4, 0.5) is 16.2 Å². The highest BCUT2D eigenvalue weighted by Crippen LogP contribution is 2.17. The zero-order chi connectivity index (χ0) is 18.2. The summed E-state index contributed by atoms with van der Waals surface area (Å²) < 4.78 is 4.76. The van der Waals surface area contributed by atoms with Crippen LogP contribution in [0.1, 0.15) is 18.5 Å². The zero-order valence-corrected chi connectivity index (χ0v) is 14.8. The van der Waals surface area contributed by atoms with Crippen LogP contribution in [0.15, 0.2) is 48.5 Å². The highest BCUT2D eigenvalue weighted by molar-refractivity contribution is 6.30. The summed E-state index contributed by atoms with van der Waals surface area (Å²) in [6.45, 7) is 1.85. The first-order valence-electron chi connectivity index (χ1n) is 7.70. The molecule has 132 valence electrons. The SMILES string of the molecule is COCC(=O)Nc1cccc(NC(=O)NC(C)c2ccc(Cl)cc2)c1. The van der Waals surface area contributed by atoms with Gasteiger partial charge in [-0.3, -0.25) is 4.79 Å². The third-order valence-electron chi connectivity index (χ3n) is 3.40. The number of anilines is 2. The lowest BCUT2D eigenvalue weighted by Gasteiger charge is -2.15. The van der Waals surface area contributed by atoms with Gasteiger partial charge in [0.1, 0.15) is 6.61 Å². The highest BCUT2D eigenvalue weighted by Gasteiger charge is 2.10. The van der Waals surface area contributed by atoms with Crippen molar-refractivity contribution in [2.24, 2.45) is 0 Å². The Bertz CT molecular complexity index is 735. The van der Waals surface area contributed by atoms with Crippen LogP contribution >= 0.6 is 11.6 Å². The Morgan fingerprint density at radius 1 is 1.08 bits per heavy atom. The Labute approximate surface area is 151 Å². The molecule has 2 aromatic rings. The quantitative estimate of drug-likeness (QED) is 0.732. The van der Waals surface area contributed by atoms with Crippen molar-refractivity contribution in [3.63, 3.8) is 0 Å². The lowest BCUT2D eigenvalue weighted by Crippen LogP contribution is -2.31. The normalized spacial score (nSPS) is 11.5. The van der Waals surface area contributed by atoms with E-state index in [1.165, 1.54) is 7.11 Å². The minimum absolute atomic E-state index is 0.0310. The number of carbonyl (C=O) groups excluding carboxylic acids is 2. The summed E-state index contributed by atoms with van der Waals surface area (Å²) in [4.78, 5) is 23.7. The lowest BCUT2D eigenvalue weighted by atomic mass is 10.1. The van der Waals surface area contributed by atoms with E-state index in [1.807, 2.05) is 19.1 Å². The van der Waals surface area contributed by atoms with Crippen molar-refractivity contribution in [3.05, 3.63) is 59.1 Å². The van der Waals surface area contributed by atoms with Gasteiger partial charge in [0.2, 0.25) is 5.91 Å². The van der Waals surface area contributed by atoms with E-state index < -0.39 is 0 Å². The van der Waals surface area contributed by atoms with Crippen molar-refractivity contribution in [1.29, 1.82) is 0 Å². The predicted octanol–water partition coefficient (Wildman–Crippen LogP) is 3.81. The summed E-state index contributed by atoms with van der Waals surface area (Å²) in [6, 6.07) is 13.6. The van der Waals surface area contributed by atoms with Gasteiger partial charge >= 0.3 is 6.03 Å². The molecule has 1 unspecified atom stereocenters. The van der Waals surface area contributed by atoms with E-state index >= 15 is 0 Å². The molecule has 0 aromatic heterocycles. The third kappa shape index (κ3) is 6.10. The molecule has 0 spiro atoms. The number of ether oxygens (including phenoxy) is 1. The molecule has 2 rings (SSSR count). The number of amides is 3. The van der Waals surface area contributed by atoms with Crippen LogP contribution in [0, 0.1) is 0 Å². The number of halogens is 1. The topological polar surface area (TPSA) is 79.5 Å². The van der Waals surface area contributed by atoms with Crippen LogP contribution in [0.2, 0.25) is 5.02 Å². The van der Waals surface area contributed by atoms with Crippen LogP contribution in [-0.4, -0.2) is 25.7 Å². The van der Waals surface area contributed by atoms with Gasteiger partial charge in [-0.1, -0.05) is 29.8 Å². The summed E-state index contributed by atoms with van der Waals surface area (Å²) in [5.41, 5.74) is 2.08. The average Bonchev–Trinajstić information content (AvgIpc) is 2.55. The van der Waals surface area contributed by atoms with E-state index in [0.717, 1.165) is 5.56 Å². The number of methoxy groups -OCH3 is 1. The Morgan fingerprint density at radius 2 is 1.72 bits per heavy atom. The van der Waals surface area contributed by atoms with Crippen LogP contribution in [0.5, 0.6) is 0 Å². The third-order valence-corrected chi connectivity index (χ3v) is 3.65. The molecule has 0 saturated heterocycles. The van der Waals surface area contributed by atoms with E-state index in [9.17, 15) is 9.59 Å². The Balaban J connectivity index is 1.93. The molecule has 2 aromatic carbocycles. The molecule has 0 fully saturated rings. The fourth-order valence-electron chi connectivity index (χ4n) is 2.20. The summed E-state index contributed by atoms with van der Waals surface area (Å²) in [6.07, 6.45) is 0. The molecule has 0 heterocycles. The van der Waals surface area contributed by atoms with Gasteiger partial charge in [-0.05, 0) is 42.8 Å². The number of nitrogens with one attached hydrogen (secondary N) is 3. The summed E-state index contributed by atoms with van der Waals surface area (Å²) in [7, 11) is 1.45. The van der Waals surface area contributed by atoms with Crippen molar-refractivity contribution in [2.45, 2.75) is 13.0 Å². The zero-order valence-electron chi connectivity index (χ0n) is 14.0. The van der Waals surface area contributed by atoms with Crippen molar-refractivity contribution in [3.8, 4) is 0 Å². The first-order valence-corrected chi connectivity index (χ1v) is 8.07. The molecule has 7 heteroatoms. The summed E-state index contributed by atoms with van der Waals surface area (Å²) >= 11 is 5.86. The molecule has 0 aliphatic carbocycles. The second-order valence-corrected chi connectivity index (χ2v) is 5.87. The maximum Gasteiger partial charge on any atom is 0.319 e. The molecule has 3 amide bonds. The lowest BCUT2D eigenvalue weighted by molar-refractivity contribution is -0.119. The highest BCUT2D eigenvalue weighted by atomic mass is 35.5. The van der Waals surface area contributed by atoms with Gasteiger partial charge in [0.05, 0.1) is 6.04 Å². The predicted molar refractivity (Wildman–Crippen MR) is 99.0 cm³/mol. The number of hydrogen-bond acceptors (Lipinski definition) is 3. The maximum absolute atomic E-state index is 12.1. The van der Waals surface area contributed by atoms with E-state index in [4.69, 9.17) is 16.3 Å². The van der Waals surface area contributed by atoms with Crippen LogP contribution in [0.25, 0.3) is 0 Å². The van der Waals surface area contributed by atoms with Gasteiger partial charge in [-0.15, -0.1) is 0 Å². The molecule has 0 radical (unpaired) electrons. The monoisotopic (exact) mass is 361 g/mol. The minimum atomic E-state index is -0.345. The second-order valence-electron chi connectivity index (χ2n) is 5.43. The van der Waals surface area contributed by atoms with Crippen LogP contribution in [0.3, 0.4) is 0 Å². The van der Waals surface area contributed by atoms with Gasteiger partial charge in [0, 0.05) is 23.5 Å². The molecule has 1 atom stereocenters. The fourth-order valence-corrected chi connectivity index (χ4v) is 2.33. The number of rotatable bonds is 6. The van der Waals surface area contributed by atoms with Crippen LogP contribution < -0.4 is 16.0 Å². The molecular weight excluding hydrogens is 342 g/mol. The summed E-state index contributed by atoms with van der Waals surface area (Å²) in [5.74, 6) is -0.263. The van der Waals surface area contributed by atoms with Gasteiger partial charge in [0.25, 0.3) is 0 Å². The molecule has 0 bridgehead atoms.